The van der Waals surface area contributed by atoms with E-state index < -0.39 is 47.2 Å². The number of amides is 4. The van der Waals surface area contributed by atoms with Gasteiger partial charge in [0.25, 0.3) is 5.91 Å². The van der Waals surface area contributed by atoms with Gasteiger partial charge in [0.2, 0.25) is 5.91 Å². The molecule has 3 rings (SSSR count). The highest BCUT2D eigenvalue weighted by Gasteiger charge is 2.54. The van der Waals surface area contributed by atoms with Gasteiger partial charge in [-0.1, -0.05) is 6.07 Å². The van der Waals surface area contributed by atoms with E-state index in [4.69, 9.17) is 10.5 Å². The van der Waals surface area contributed by atoms with Crippen molar-refractivity contribution in [3.05, 3.63) is 33.7 Å². The molecule has 2 aliphatic heterocycles. The summed E-state index contributed by atoms with van der Waals surface area (Å²) in [5.41, 5.74) is 5.20. The molecule has 13 heteroatoms. The van der Waals surface area contributed by atoms with Crippen molar-refractivity contribution >= 4 is 52.9 Å². The Balaban J connectivity index is 1.75. The second-order valence-corrected chi connectivity index (χ2v) is 8.47. The zero-order valence-electron chi connectivity index (χ0n) is 15.6. The van der Waals surface area contributed by atoms with Crippen LogP contribution < -0.4 is 16.4 Å². The van der Waals surface area contributed by atoms with Crippen LogP contribution in [0.2, 0.25) is 0 Å². The van der Waals surface area contributed by atoms with Crippen LogP contribution in [0.4, 0.5) is 4.79 Å². The van der Waals surface area contributed by atoms with Crippen molar-refractivity contribution in [2.75, 3.05) is 12.4 Å². The van der Waals surface area contributed by atoms with Crippen molar-refractivity contribution in [2.45, 2.75) is 24.4 Å². The molecule has 1 aromatic heterocycles. The van der Waals surface area contributed by atoms with Crippen LogP contribution in [0.15, 0.2) is 28.8 Å². The summed E-state index contributed by atoms with van der Waals surface area (Å²) in [4.78, 5) is 61.0. The van der Waals surface area contributed by atoms with Crippen molar-refractivity contribution in [2.24, 2.45) is 5.73 Å². The number of hydrogen-bond acceptors (Lipinski definition) is 8. The van der Waals surface area contributed by atoms with Crippen molar-refractivity contribution in [3.63, 3.8) is 0 Å². The smallest absolute Gasteiger partial charge is 0.352 e. The molecule has 4 amide bonds. The number of thioether (sulfide) groups is 1. The van der Waals surface area contributed by atoms with E-state index in [1.54, 1.807) is 17.5 Å². The van der Waals surface area contributed by atoms with E-state index in [0.29, 0.717) is 10.5 Å². The van der Waals surface area contributed by atoms with Gasteiger partial charge in [-0.15, -0.1) is 23.1 Å². The fraction of sp³-hybridized carbons (Fsp3) is 0.353. The van der Waals surface area contributed by atoms with E-state index in [-0.39, 0.29) is 18.1 Å². The monoisotopic (exact) mass is 454 g/mol. The highest BCUT2D eigenvalue weighted by molar-refractivity contribution is 8.00. The molecule has 2 unspecified atom stereocenters. The van der Waals surface area contributed by atoms with Gasteiger partial charge in [0.15, 0.2) is 0 Å². The van der Waals surface area contributed by atoms with E-state index in [1.165, 1.54) is 30.0 Å². The van der Waals surface area contributed by atoms with Crippen LogP contribution in [-0.4, -0.2) is 63.6 Å². The Bertz CT molecular complexity index is 931. The second kappa shape index (κ2) is 8.75. The zero-order valence-corrected chi connectivity index (χ0v) is 17.2. The first-order valence-electron chi connectivity index (χ1n) is 8.63. The number of primary amides is 1. The highest BCUT2D eigenvalue weighted by atomic mass is 32.2. The first-order chi connectivity index (χ1) is 14.2. The number of fused-ring (bicyclic) bond motifs is 1. The summed E-state index contributed by atoms with van der Waals surface area (Å²) in [6.07, 6.45) is 0. The van der Waals surface area contributed by atoms with Crippen molar-refractivity contribution < 1.29 is 33.8 Å². The molecular formula is C17H18N4O7S2. The molecule has 0 bridgehead atoms. The summed E-state index contributed by atoms with van der Waals surface area (Å²) in [5.74, 6) is -2.93. The fourth-order valence-electron chi connectivity index (χ4n) is 3.08. The van der Waals surface area contributed by atoms with Gasteiger partial charge >= 0.3 is 18.0 Å². The number of esters is 1. The summed E-state index contributed by atoms with van der Waals surface area (Å²) in [5, 5.41) is 15.5. The molecule has 1 fully saturated rings. The van der Waals surface area contributed by atoms with Gasteiger partial charge in [-0.3, -0.25) is 19.3 Å². The van der Waals surface area contributed by atoms with Gasteiger partial charge in [0, 0.05) is 23.1 Å². The van der Waals surface area contributed by atoms with Crippen LogP contribution in [0.1, 0.15) is 17.8 Å². The normalized spacial score (nSPS) is 21.2. The number of nitrogens with two attached hydrogens (primary N) is 1. The van der Waals surface area contributed by atoms with Crippen LogP contribution in [-0.2, 0) is 23.9 Å². The Labute approximate surface area is 178 Å². The maximum Gasteiger partial charge on any atom is 0.352 e. The molecule has 5 N–H and O–H groups in total. The van der Waals surface area contributed by atoms with Gasteiger partial charge in [0.05, 0.1) is 0 Å². The molecule has 160 valence electrons. The van der Waals surface area contributed by atoms with Crippen LogP contribution in [0, 0.1) is 0 Å². The minimum Gasteiger partial charge on any atom is -0.477 e. The predicted molar refractivity (Wildman–Crippen MR) is 106 cm³/mol. The van der Waals surface area contributed by atoms with Crippen LogP contribution in [0.25, 0.3) is 0 Å². The minimum absolute atomic E-state index is 0.212. The maximum absolute atomic E-state index is 12.7. The van der Waals surface area contributed by atoms with Crippen LogP contribution >= 0.6 is 23.1 Å². The zero-order chi connectivity index (χ0) is 22.0. The van der Waals surface area contributed by atoms with Gasteiger partial charge in [-0.2, -0.15) is 0 Å². The molecule has 30 heavy (non-hydrogen) atoms. The number of carboxylic acid groups (broad SMARTS) is 1. The minimum atomic E-state index is -1.33. The number of ether oxygens (including phenoxy) is 1. The summed E-state index contributed by atoms with van der Waals surface area (Å²) in [7, 11) is 0. The van der Waals surface area contributed by atoms with E-state index >= 15 is 0 Å². The number of thiophene rings is 1. The number of rotatable bonds is 7. The molecule has 3 heterocycles. The molecule has 0 saturated carbocycles. The van der Waals surface area contributed by atoms with E-state index in [2.05, 4.69) is 10.6 Å². The number of hydrogen-bond donors (Lipinski definition) is 4. The number of β-lactam (4-membered cyclic amide) rings is 1. The molecular weight excluding hydrogens is 436 g/mol. The van der Waals surface area contributed by atoms with E-state index in [9.17, 15) is 29.1 Å². The molecule has 0 aromatic carbocycles. The summed E-state index contributed by atoms with van der Waals surface area (Å²) >= 11 is 2.47. The number of carbonyl (C=O) groups excluding carboxylic acids is 4. The topological polar surface area (TPSA) is 168 Å². The molecule has 2 aliphatic rings. The predicted octanol–water partition coefficient (Wildman–Crippen LogP) is -0.241. The van der Waals surface area contributed by atoms with Gasteiger partial charge in [-0.05, 0) is 11.4 Å². The number of nitrogens with zero attached hydrogens (tertiary/aromatic N) is 1. The Morgan fingerprint density at radius 2 is 2.13 bits per heavy atom. The molecule has 3 atom stereocenters. The molecule has 11 nitrogen and oxygen atoms in total. The average molecular weight is 454 g/mol. The van der Waals surface area contributed by atoms with Crippen molar-refractivity contribution in [1.82, 2.24) is 15.5 Å². The SMILES string of the molecule is CC(=O)OCC1=C(C(=O)O)N2C(=O)[C@H](NC(=O)C(NC(N)=O)c3cccs3)C2SC1. The molecule has 0 spiro atoms. The third-order valence-corrected chi connectivity index (χ3v) is 6.65. The number of carbonyl (C=O) groups is 5. The lowest BCUT2D eigenvalue weighted by Crippen LogP contribution is -2.71. The lowest BCUT2D eigenvalue weighted by atomic mass is 10.0. The van der Waals surface area contributed by atoms with Crippen molar-refractivity contribution in [1.29, 1.82) is 0 Å². The van der Waals surface area contributed by atoms with Crippen LogP contribution in [0.3, 0.4) is 0 Å². The summed E-state index contributed by atoms with van der Waals surface area (Å²) in [6, 6.07) is 0.395. The lowest BCUT2D eigenvalue weighted by molar-refractivity contribution is -0.151. The Morgan fingerprint density at radius 3 is 2.70 bits per heavy atom. The highest BCUT2D eigenvalue weighted by Crippen LogP contribution is 2.40. The van der Waals surface area contributed by atoms with Gasteiger partial charge in [-0.25, -0.2) is 9.59 Å². The average Bonchev–Trinajstić information content (AvgIpc) is 3.21. The largest absolute Gasteiger partial charge is 0.477 e. The third kappa shape index (κ3) is 4.26. The first-order valence-corrected chi connectivity index (χ1v) is 10.6. The number of carboxylic acids is 1. The number of nitrogens with one attached hydrogen (secondary N) is 2. The summed E-state index contributed by atoms with van der Waals surface area (Å²) < 4.78 is 4.87. The van der Waals surface area contributed by atoms with Gasteiger partial charge < -0.3 is 26.2 Å². The Kier molecular flexibility index (Phi) is 6.31. The molecule has 0 radical (unpaired) electrons. The Morgan fingerprint density at radius 1 is 1.40 bits per heavy atom. The standard InChI is InChI=1S/C17H18N4O7S2/c1-7(22)28-5-8-6-30-15-11(14(24)21(15)12(8)16(25)26)19-13(23)10(20-17(18)27)9-3-2-4-29-9/h2-4,10-11,15H,5-6H2,1H3,(H,19,23)(H,25,26)(H3,18,20,27)/t10?,11-,15?/m0/s1. The number of urea groups is 1. The second-order valence-electron chi connectivity index (χ2n) is 6.39. The van der Waals surface area contributed by atoms with Crippen LogP contribution in [0.5, 0.6) is 0 Å². The quantitative estimate of drug-likeness (QED) is 0.323. The fourth-order valence-corrected chi connectivity index (χ4v) is 5.18. The van der Waals surface area contributed by atoms with E-state index in [0.717, 1.165) is 4.90 Å². The van der Waals surface area contributed by atoms with E-state index in [1.807, 2.05) is 0 Å². The molecule has 0 aliphatic carbocycles. The van der Waals surface area contributed by atoms with Gasteiger partial charge in [0.1, 0.15) is 29.8 Å². The lowest BCUT2D eigenvalue weighted by Gasteiger charge is -2.49. The van der Waals surface area contributed by atoms with Crippen molar-refractivity contribution in [3.8, 4) is 0 Å². The number of aliphatic carboxylic acids is 1. The summed E-state index contributed by atoms with van der Waals surface area (Å²) in [6.45, 7) is 0.963. The molecule has 1 saturated heterocycles. The third-order valence-electron chi connectivity index (χ3n) is 4.37. The molecule has 1 aromatic rings. The Hall–Kier alpha value is -3.06. The maximum atomic E-state index is 12.7. The first kappa shape index (κ1) is 21.6.